The summed E-state index contributed by atoms with van der Waals surface area (Å²) in [6, 6.07) is 0. The van der Waals surface area contributed by atoms with Gasteiger partial charge in [-0.15, -0.1) is 0 Å². The first-order chi connectivity index (χ1) is 5.10. The average Bonchev–Trinajstić information content (AvgIpc) is 1.49. The first kappa shape index (κ1) is 12.3. The predicted octanol–water partition coefficient (Wildman–Crippen LogP) is 3.14. The van der Waals surface area contributed by atoms with Crippen molar-refractivity contribution in [3.05, 3.63) is 0 Å². The van der Waals surface area contributed by atoms with E-state index in [2.05, 4.69) is 46.9 Å². The van der Waals surface area contributed by atoms with E-state index >= 15 is 0 Å². The van der Waals surface area contributed by atoms with Gasteiger partial charge in [-0.2, -0.15) is 0 Å². The maximum Gasteiger partial charge on any atom is 0.0960 e. The van der Waals surface area contributed by atoms with Crippen LogP contribution in [-0.2, 0) is 0 Å². The molecular weight excluding hydrogens is 185 g/mol. The van der Waals surface area contributed by atoms with Gasteiger partial charge in [0.25, 0.3) is 0 Å². The van der Waals surface area contributed by atoms with E-state index in [0.717, 1.165) is 4.73 Å². The Hall–Kier alpha value is 0.320. The summed E-state index contributed by atoms with van der Waals surface area (Å²) in [5, 5.41) is 3.63. The predicted molar refractivity (Wildman–Crippen MR) is 63.6 cm³/mol. The minimum Gasteiger partial charge on any atom is -0.372 e. The maximum atomic E-state index is 5.25. The molecule has 0 radical (unpaired) electrons. The molecule has 0 saturated heterocycles. The molecule has 1 unspecified atom stereocenters. The number of thiocarbonyl (C=S) groups is 1. The van der Waals surface area contributed by atoms with E-state index in [4.69, 9.17) is 12.2 Å². The normalized spacial score (nSPS) is 13.8. The fourth-order valence-corrected chi connectivity index (χ4v) is 3.06. The van der Waals surface area contributed by atoms with Crippen LogP contribution in [0.3, 0.4) is 0 Å². The van der Waals surface area contributed by atoms with Crippen LogP contribution >= 0.6 is 20.8 Å². The van der Waals surface area contributed by atoms with Crippen LogP contribution in [-0.4, -0.2) is 15.4 Å². The lowest BCUT2D eigenvalue weighted by atomic mass is 10.1. The lowest BCUT2D eigenvalue weighted by Crippen LogP contribution is -2.38. The summed E-state index contributed by atoms with van der Waals surface area (Å²) in [6.07, 6.45) is 0. The van der Waals surface area contributed by atoms with Crippen molar-refractivity contribution in [3.63, 3.8) is 0 Å². The monoisotopic (exact) mass is 205 g/mol. The van der Waals surface area contributed by atoms with Gasteiger partial charge in [0.1, 0.15) is 0 Å². The van der Waals surface area contributed by atoms with Crippen LogP contribution in [0.2, 0.25) is 0 Å². The molecule has 1 N–H and O–H groups in total. The quantitative estimate of drug-likeness (QED) is 0.521. The number of rotatable bonds is 1. The fourth-order valence-electron chi connectivity index (χ4n) is 0.712. The van der Waals surface area contributed by atoms with Crippen molar-refractivity contribution in [2.24, 2.45) is 0 Å². The van der Waals surface area contributed by atoms with E-state index in [0.29, 0.717) is 13.7 Å². The van der Waals surface area contributed by atoms with E-state index in [1.54, 1.807) is 0 Å². The van der Waals surface area contributed by atoms with Gasteiger partial charge in [0.15, 0.2) is 0 Å². The number of hydrogen-bond donors (Lipinski definition) is 1. The van der Waals surface area contributed by atoms with Crippen LogP contribution in [0.15, 0.2) is 0 Å². The summed E-state index contributed by atoms with van der Waals surface area (Å²) in [5.41, 5.74) is 0.106. The highest BCUT2D eigenvalue weighted by Crippen LogP contribution is 2.31. The van der Waals surface area contributed by atoms with Gasteiger partial charge in [-0.05, 0) is 25.9 Å². The average molecular weight is 205 g/mol. The molecule has 0 aromatic carbocycles. The third-order valence-corrected chi connectivity index (χ3v) is 2.49. The van der Waals surface area contributed by atoms with Crippen LogP contribution in [0.4, 0.5) is 0 Å². The zero-order valence-corrected chi connectivity index (χ0v) is 10.7. The molecule has 1 atom stereocenters. The molecule has 3 heteroatoms. The fraction of sp³-hybridized carbons (Fsp3) is 0.889. The molecule has 0 spiro atoms. The van der Waals surface area contributed by atoms with Gasteiger partial charge >= 0.3 is 0 Å². The molecule has 0 aliphatic carbocycles. The smallest absolute Gasteiger partial charge is 0.0960 e. The molecule has 0 amide bonds. The van der Waals surface area contributed by atoms with Crippen LogP contribution < -0.4 is 5.32 Å². The standard InChI is InChI=1S/C9H20NPS/c1-8(2,3)10-7(12)11-9(4,5)6/h11H,1-6H3,(H,10,12). The molecule has 72 valence electrons. The molecule has 0 heterocycles. The molecule has 0 aliphatic heterocycles. The Morgan fingerprint density at radius 3 is 1.75 bits per heavy atom. The van der Waals surface area contributed by atoms with E-state index in [-0.39, 0.29) is 5.54 Å². The second-order valence-corrected chi connectivity index (χ2v) is 8.10. The van der Waals surface area contributed by atoms with Crippen molar-refractivity contribution in [3.8, 4) is 0 Å². The summed E-state index contributed by atoms with van der Waals surface area (Å²) in [6.45, 7) is 13.0. The van der Waals surface area contributed by atoms with E-state index in [1.807, 2.05) is 0 Å². The van der Waals surface area contributed by atoms with Gasteiger partial charge in [0.05, 0.1) is 4.73 Å². The lowest BCUT2D eigenvalue weighted by molar-refractivity contribution is 0.518. The molecular formula is C9H20NPS. The zero-order chi connectivity index (χ0) is 9.99. The second kappa shape index (κ2) is 4.02. The molecule has 0 aliphatic rings. The molecule has 0 aromatic heterocycles. The summed E-state index contributed by atoms with van der Waals surface area (Å²) < 4.78 is 0.995. The first-order valence-electron chi connectivity index (χ1n) is 4.20. The number of hydrogen-bond acceptors (Lipinski definition) is 1. The Labute approximate surface area is 83.5 Å². The molecule has 1 nitrogen and oxygen atoms in total. The minimum absolute atomic E-state index is 0.106. The third kappa shape index (κ3) is 8.42. The van der Waals surface area contributed by atoms with Gasteiger partial charge in [0.2, 0.25) is 0 Å². The summed E-state index contributed by atoms with van der Waals surface area (Å²) >= 11 is 5.25. The SMILES string of the molecule is CC(C)(C)NC(=S)PC(C)(C)C. The summed E-state index contributed by atoms with van der Waals surface area (Å²) in [4.78, 5) is 0. The van der Waals surface area contributed by atoms with E-state index < -0.39 is 0 Å². The zero-order valence-electron chi connectivity index (χ0n) is 8.91. The van der Waals surface area contributed by atoms with Gasteiger partial charge in [0, 0.05) is 5.54 Å². The molecule has 0 bridgehead atoms. The first-order valence-corrected chi connectivity index (χ1v) is 5.61. The van der Waals surface area contributed by atoms with Crippen LogP contribution in [0, 0.1) is 0 Å². The Morgan fingerprint density at radius 2 is 1.50 bits per heavy atom. The largest absolute Gasteiger partial charge is 0.372 e. The molecule has 0 aromatic rings. The van der Waals surface area contributed by atoms with Crippen molar-refractivity contribution in [2.75, 3.05) is 0 Å². The van der Waals surface area contributed by atoms with Gasteiger partial charge in [-0.3, -0.25) is 0 Å². The van der Waals surface area contributed by atoms with Crippen molar-refractivity contribution in [1.29, 1.82) is 0 Å². The van der Waals surface area contributed by atoms with Gasteiger partial charge in [-0.1, -0.05) is 41.6 Å². The van der Waals surface area contributed by atoms with Crippen LogP contribution in [0.5, 0.6) is 0 Å². The maximum absolute atomic E-state index is 5.25. The topological polar surface area (TPSA) is 12.0 Å². The Bertz CT molecular complexity index is 146. The Kier molecular flexibility index (Phi) is 4.13. The van der Waals surface area contributed by atoms with Crippen LogP contribution in [0.25, 0.3) is 0 Å². The Morgan fingerprint density at radius 1 is 1.08 bits per heavy atom. The highest BCUT2D eigenvalue weighted by molar-refractivity contribution is 7.93. The van der Waals surface area contributed by atoms with Crippen molar-refractivity contribution in [2.45, 2.75) is 52.2 Å². The van der Waals surface area contributed by atoms with Crippen molar-refractivity contribution in [1.82, 2.24) is 5.32 Å². The van der Waals surface area contributed by atoms with Crippen LogP contribution in [0.1, 0.15) is 41.5 Å². The highest BCUT2D eigenvalue weighted by Gasteiger charge is 2.16. The summed E-state index contributed by atoms with van der Waals surface area (Å²) in [5.74, 6) is 0. The minimum atomic E-state index is 0.106. The number of nitrogens with one attached hydrogen (secondary N) is 1. The van der Waals surface area contributed by atoms with Crippen molar-refractivity contribution < 1.29 is 0 Å². The summed E-state index contributed by atoms with van der Waals surface area (Å²) in [7, 11) is 0.709. The van der Waals surface area contributed by atoms with E-state index in [9.17, 15) is 0 Å². The lowest BCUT2D eigenvalue weighted by Gasteiger charge is -2.26. The van der Waals surface area contributed by atoms with Gasteiger partial charge < -0.3 is 5.32 Å². The molecule has 0 saturated carbocycles. The highest BCUT2D eigenvalue weighted by atomic mass is 32.1. The molecule has 0 rings (SSSR count). The van der Waals surface area contributed by atoms with Gasteiger partial charge in [-0.25, -0.2) is 0 Å². The third-order valence-electron chi connectivity index (χ3n) is 0.977. The molecule has 12 heavy (non-hydrogen) atoms. The van der Waals surface area contributed by atoms with Crippen molar-refractivity contribution >= 4 is 25.5 Å². The van der Waals surface area contributed by atoms with E-state index in [1.165, 1.54) is 0 Å². The second-order valence-electron chi connectivity index (χ2n) is 5.08. The molecule has 0 fully saturated rings. The Balaban J connectivity index is 3.92.